The van der Waals surface area contributed by atoms with E-state index >= 15 is 0 Å². The van der Waals surface area contributed by atoms with Crippen LogP contribution in [0.3, 0.4) is 0 Å². The maximum atomic E-state index is 6.09. The Morgan fingerprint density at radius 1 is 1.41 bits per heavy atom. The van der Waals surface area contributed by atoms with Crippen LogP contribution in [0.15, 0.2) is 22.8 Å². The maximum Gasteiger partial charge on any atom is 0.122 e. The zero-order valence-electron chi connectivity index (χ0n) is 11.0. The molecule has 0 amide bonds. The van der Waals surface area contributed by atoms with E-state index in [0.717, 1.165) is 12.2 Å². The van der Waals surface area contributed by atoms with Gasteiger partial charge in [-0.25, -0.2) is 5.43 Å². The lowest BCUT2D eigenvalue weighted by Crippen LogP contribution is -2.41. The molecule has 0 aliphatic carbocycles. The molecule has 17 heavy (non-hydrogen) atoms. The van der Waals surface area contributed by atoms with Gasteiger partial charge in [-0.05, 0) is 46.2 Å². The van der Waals surface area contributed by atoms with E-state index in [1.807, 2.05) is 12.1 Å². The fourth-order valence-electron chi connectivity index (χ4n) is 2.99. The molecule has 2 unspecified atom stereocenters. The molecule has 0 spiro atoms. The lowest BCUT2D eigenvalue weighted by molar-refractivity contribution is -0.0785. The van der Waals surface area contributed by atoms with Crippen molar-refractivity contribution in [3.05, 3.63) is 24.2 Å². The molecular weight excluding hydrogens is 216 g/mol. The number of nitrogens with two attached hydrogens (primary N) is 1. The molecular formula is C13H22N2O2. The number of nitrogens with one attached hydrogen (secondary N) is 1. The van der Waals surface area contributed by atoms with E-state index in [4.69, 9.17) is 15.0 Å². The second-order valence-electron chi connectivity index (χ2n) is 5.94. The van der Waals surface area contributed by atoms with Crippen molar-refractivity contribution in [2.75, 3.05) is 0 Å². The third-order valence-corrected chi connectivity index (χ3v) is 3.58. The summed E-state index contributed by atoms with van der Waals surface area (Å²) < 4.78 is 11.6. The van der Waals surface area contributed by atoms with E-state index in [-0.39, 0.29) is 23.2 Å². The van der Waals surface area contributed by atoms with Crippen LogP contribution in [0.1, 0.15) is 45.9 Å². The van der Waals surface area contributed by atoms with Gasteiger partial charge in [-0.3, -0.25) is 5.84 Å². The largest absolute Gasteiger partial charge is 0.468 e. The molecule has 1 aliphatic rings. The predicted molar refractivity (Wildman–Crippen MR) is 66.1 cm³/mol. The summed E-state index contributed by atoms with van der Waals surface area (Å²) >= 11 is 0. The Morgan fingerprint density at radius 3 is 2.53 bits per heavy atom. The highest BCUT2D eigenvalue weighted by Crippen LogP contribution is 2.47. The zero-order chi connectivity index (χ0) is 12.7. The third kappa shape index (κ3) is 2.39. The molecule has 2 rings (SSSR count). The molecule has 0 aromatic carbocycles. The molecule has 3 N–H and O–H groups in total. The molecule has 96 valence electrons. The minimum Gasteiger partial charge on any atom is -0.468 e. The molecule has 0 saturated carbocycles. The van der Waals surface area contributed by atoms with Crippen LogP contribution in [-0.2, 0) is 4.74 Å². The molecule has 1 fully saturated rings. The van der Waals surface area contributed by atoms with E-state index in [1.54, 1.807) is 6.26 Å². The van der Waals surface area contributed by atoms with E-state index < -0.39 is 0 Å². The van der Waals surface area contributed by atoms with Gasteiger partial charge in [-0.1, -0.05) is 0 Å². The number of hydrogen-bond donors (Lipinski definition) is 2. The first-order valence-corrected chi connectivity index (χ1v) is 6.05. The van der Waals surface area contributed by atoms with E-state index in [0.29, 0.717) is 0 Å². The Morgan fingerprint density at radius 2 is 2.12 bits per heavy atom. The minimum atomic E-state index is -0.215. The van der Waals surface area contributed by atoms with Crippen molar-refractivity contribution in [1.82, 2.24) is 5.43 Å². The van der Waals surface area contributed by atoms with Crippen molar-refractivity contribution >= 4 is 0 Å². The molecule has 2 atom stereocenters. The molecule has 0 bridgehead atoms. The number of hydrogen-bond acceptors (Lipinski definition) is 4. The van der Waals surface area contributed by atoms with Crippen LogP contribution in [-0.4, -0.2) is 11.2 Å². The summed E-state index contributed by atoms with van der Waals surface area (Å²) in [5.74, 6) is 6.84. The summed E-state index contributed by atoms with van der Waals surface area (Å²) in [6, 6.07) is 3.82. The Bertz CT molecular complexity index is 371. The SMILES string of the molecule is CC1(C)CC(C(NN)c2ccco2)C(C)(C)O1. The monoisotopic (exact) mass is 238 g/mol. The highest BCUT2D eigenvalue weighted by molar-refractivity contribution is 5.10. The van der Waals surface area contributed by atoms with E-state index in [9.17, 15) is 0 Å². The van der Waals surface area contributed by atoms with Gasteiger partial charge in [0.05, 0.1) is 23.5 Å². The summed E-state index contributed by atoms with van der Waals surface area (Å²) in [5, 5.41) is 0. The van der Waals surface area contributed by atoms with Crippen LogP contribution in [0.5, 0.6) is 0 Å². The summed E-state index contributed by atoms with van der Waals surface area (Å²) in [6.07, 6.45) is 2.63. The summed E-state index contributed by atoms with van der Waals surface area (Å²) in [5.41, 5.74) is 2.54. The molecule has 2 heterocycles. The van der Waals surface area contributed by atoms with Gasteiger partial charge in [0, 0.05) is 5.92 Å². The number of furan rings is 1. The minimum absolute atomic E-state index is 0.0122. The topological polar surface area (TPSA) is 60.4 Å². The summed E-state index contributed by atoms with van der Waals surface area (Å²) in [6.45, 7) is 8.45. The smallest absolute Gasteiger partial charge is 0.122 e. The molecule has 4 nitrogen and oxygen atoms in total. The van der Waals surface area contributed by atoms with Gasteiger partial charge in [-0.15, -0.1) is 0 Å². The highest BCUT2D eigenvalue weighted by Gasteiger charge is 2.49. The van der Waals surface area contributed by atoms with Crippen molar-refractivity contribution < 1.29 is 9.15 Å². The molecule has 0 radical (unpaired) electrons. The van der Waals surface area contributed by atoms with Crippen LogP contribution in [0.4, 0.5) is 0 Å². The van der Waals surface area contributed by atoms with Crippen molar-refractivity contribution in [1.29, 1.82) is 0 Å². The number of ether oxygens (including phenoxy) is 1. The van der Waals surface area contributed by atoms with Crippen LogP contribution in [0, 0.1) is 5.92 Å². The summed E-state index contributed by atoms with van der Waals surface area (Å²) in [7, 11) is 0. The van der Waals surface area contributed by atoms with E-state index in [1.165, 1.54) is 0 Å². The first-order chi connectivity index (χ1) is 7.86. The Hall–Kier alpha value is -0.840. The first kappa shape index (κ1) is 12.6. The number of hydrazine groups is 1. The molecule has 1 aromatic rings. The fourth-order valence-corrected chi connectivity index (χ4v) is 2.99. The fraction of sp³-hybridized carbons (Fsp3) is 0.692. The Kier molecular flexibility index (Phi) is 3.06. The highest BCUT2D eigenvalue weighted by atomic mass is 16.5. The average Bonchev–Trinajstić information content (AvgIpc) is 2.74. The van der Waals surface area contributed by atoms with Crippen molar-refractivity contribution in [2.45, 2.75) is 51.4 Å². The van der Waals surface area contributed by atoms with Crippen LogP contribution in [0.25, 0.3) is 0 Å². The van der Waals surface area contributed by atoms with Gasteiger partial charge in [0.15, 0.2) is 0 Å². The third-order valence-electron chi connectivity index (χ3n) is 3.58. The first-order valence-electron chi connectivity index (χ1n) is 6.05. The molecule has 1 saturated heterocycles. The van der Waals surface area contributed by atoms with Crippen molar-refractivity contribution in [3.63, 3.8) is 0 Å². The Balaban J connectivity index is 2.26. The molecule has 4 heteroatoms. The standard InChI is InChI=1S/C13H22N2O2/c1-12(2)8-9(13(3,4)17-12)11(15-14)10-6-5-7-16-10/h5-7,9,11,15H,8,14H2,1-4H3. The molecule has 1 aliphatic heterocycles. The van der Waals surface area contributed by atoms with Gasteiger partial charge in [0.1, 0.15) is 5.76 Å². The average molecular weight is 238 g/mol. The second kappa shape index (κ2) is 4.12. The molecule has 1 aromatic heterocycles. The van der Waals surface area contributed by atoms with Crippen LogP contribution in [0.2, 0.25) is 0 Å². The van der Waals surface area contributed by atoms with Crippen LogP contribution < -0.4 is 11.3 Å². The second-order valence-corrected chi connectivity index (χ2v) is 5.94. The summed E-state index contributed by atoms with van der Waals surface area (Å²) in [4.78, 5) is 0. The van der Waals surface area contributed by atoms with E-state index in [2.05, 4.69) is 33.1 Å². The van der Waals surface area contributed by atoms with Gasteiger partial charge in [0.2, 0.25) is 0 Å². The van der Waals surface area contributed by atoms with Gasteiger partial charge in [0.25, 0.3) is 0 Å². The maximum absolute atomic E-state index is 6.09. The van der Waals surface area contributed by atoms with Crippen molar-refractivity contribution in [3.8, 4) is 0 Å². The zero-order valence-corrected chi connectivity index (χ0v) is 11.0. The van der Waals surface area contributed by atoms with Gasteiger partial charge >= 0.3 is 0 Å². The predicted octanol–water partition coefficient (Wildman–Crippen LogP) is 2.38. The quantitative estimate of drug-likeness (QED) is 0.627. The lowest BCUT2D eigenvalue weighted by Gasteiger charge is -2.31. The lowest BCUT2D eigenvalue weighted by atomic mass is 9.81. The van der Waals surface area contributed by atoms with Gasteiger partial charge in [-0.2, -0.15) is 0 Å². The van der Waals surface area contributed by atoms with Crippen molar-refractivity contribution in [2.24, 2.45) is 11.8 Å². The normalized spacial score (nSPS) is 28.2. The van der Waals surface area contributed by atoms with Crippen LogP contribution >= 0.6 is 0 Å². The number of rotatable bonds is 3. The Labute approximate surface area is 102 Å². The van der Waals surface area contributed by atoms with Gasteiger partial charge < -0.3 is 9.15 Å².